The second-order valence-electron chi connectivity index (χ2n) is 4.70. The van der Waals surface area contributed by atoms with Gasteiger partial charge in [0.2, 0.25) is 5.89 Å². The molecule has 2 fully saturated rings. The summed E-state index contributed by atoms with van der Waals surface area (Å²) in [5, 5.41) is 4.57. The monoisotopic (exact) mass is 271 g/mol. The van der Waals surface area contributed by atoms with Crippen LogP contribution >= 0.6 is 23.5 Å². The molecule has 17 heavy (non-hydrogen) atoms. The maximum atomic E-state index is 5.91. The van der Waals surface area contributed by atoms with Crippen molar-refractivity contribution in [3.05, 3.63) is 11.7 Å². The third kappa shape index (κ3) is 2.63. The molecule has 1 aliphatic heterocycles. The van der Waals surface area contributed by atoms with Crippen LogP contribution < -0.4 is 5.73 Å². The summed E-state index contributed by atoms with van der Waals surface area (Å²) >= 11 is 3.92. The van der Waals surface area contributed by atoms with Gasteiger partial charge in [0.25, 0.3) is 0 Å². The van der Waals surface area contributed by atoms with E-state index in [9.17, 15) is 0 Å². The molecule has 1 aliphatic carbocycles. The summed E-state index contributed by atoms with van der Waals surface area (Å²) in [5.74, 6) is 5.62. The molecule has 1 aromatic heterocycles. The quantitative estimate of drug-likeness (QED) is 0.889. The zero-order chi connectivity index (χ0) is 11.7. The molecule has 0 aromatic carbocycles. The summed E-state index contributed by atoms with van der Waals surface area (Å²) in [4.78, 5) is 4.58. The molecule has 4 nitrogen and oxygen atoms in total. The van der Waals surface area contributed by atoms with Crippen LogP contribution in [0.5, 0.6) is 0 Å². The van der Waals surface area contributed by atoms with Crippen LogP contribution in [0.2, 0.25) is 0 Å². The van der Waals surface area contributed by atoms with Gasteiger partial charge in [-0.15, -0.1) is 11.8 Å². The van der Waals surface area contributed by atoms with E-state index in [2.05, 4.69) is 10.1 Å². The Hall–Kier alpha value is -0.200. The fraction of sp³-hybridized carbons (Fsp3) is 0.818. The fourth-order valence-electron chi connectivity index (χ4n) is 2.42. The predicted molar refractivity (Wildman–Crippen MR) is 71.4 cm³/mol. The van der Waals surface area contributed by atoms with Gasteiger partial charge < -0.3 is 10.3 Å². The number of hydrogen-bond acceptors (Lipinski definition) is 6. The molecule has 1 aromatic rings. The molecule has 2 N–H and O–H groups in total. The Morgan fingerprint density at radius 1 is 1.29 bits per heavy atom. The molecule has 94 valence electrons. The Bertz CT molecular complexity index is 359. The second-order valence-corrected chi connectivity index (χ2v) is 7.16. The summed E-state index contributed by atoms with van der Waals surface area (Å²) in [7, 11) is 0. The number of rotatable bonds is 2. The summed E-state index contributed by atoms with van der Waals surface area (Å²) in [6.45, 7) is 0. The van der Waals surface area contributed by atoms with Crippen molar-refractivity contribution in [3.63, 3.8) is 0 Å². The highest BCUT2D eigenvalue weighted by molar-refractivity contribution is 8.06. The first kappa shape index (κ1) is 11.9. The Kier molecular flexibility index (Phi) is 3.63. The standard InChI is InChI=1S/C11H17N3OS2/c12-8-2-1-7(5-8)11-13-10(14-15-11)9-6-16-3-4-17-9/h7-9H,1-6,12H2. The maximum Gasteiger partial charge on any atom is 0.229 e. The molecular weight excluding hydrogens is 254 g/mol. The molecule has 1 saturated heterocycles. The summed E-state index contributed by atoms with van der Waals surface area (Å²) in [5.41, 5.74) is 5.91. The van der Waals surface area contributed by atoms with Crippen molar-refractivity contribution in [1.29, 1.82) is 0 Å². The van der Waals surface area contributed by atoms with Crippen LogP contribution in [0.3, 0.4) is 0 Å². The second kappa shape index (κ2) is 5.20. The average molecular weight is 271 g/mol. The highest BCUT2D eigenvalue weighted by atomic mass is 32.2. The molecule has 0 amide bonds. The first-order valence-corrected chi connectivity index (χ1v) is 8.31. The van der Waals surface area contributed by atoms with E-state index >= 15 is 0 Å². The SMILES string of the molecule is NC1CCC(c2nc(C3CSCCS3)no2)C1. The minimum Gasteiger partial charge on any atom is -0.339 e. The van der Waals surface area contributed by atoms with Gasteiger partial charge >= 0.3 is 0 Å². The van der Waals surface area contributed by atoms with Crippen LogP contribution in [-0.4, -0.2) is 33.4 Å². The van der Waals surface area contributed by atoms with Crippen LogP contribution in [0.1, 0.15) is 42.1 Å². The van der Waals surface area contributed by atoms with Gasteiger partial charge in [-0.25, -0.2) is 0 Å². The lowest BCUT2D eigenvalue weighted by atomic mass is 10.1. The predicted octanol–water partition coefficient (Wildman–Crippen LogP) is 2.19. The first-order valence-electron chi connectivity index (χ1n) is 6.11. The smallest absolute Gasteiger partial charge is 0.229 e. The zero-order valence-electron chi connectivity index (χ0n) is 9.67. The Morgan fingerprint density at radius 2 is 2.24 bits per heavy atom. The van der Waals surface area contributed by atoms with Crippen molar-refractivity contribution < 1.29 is 4.52 Å². The zero-order valence-corrected chi connectivity index (χ0v) is 11.3. The van der Waals surface area contributed by atoms with Gasteiger partial charge in [0.05, 0.1) is 5.25 Å². The number of thioether (sulfide) groups is 2. The van der Waals surface area contributed by atoms with Crippen LogP contribution in [0.15, 0.2) is 4.52 Å². The molecule has 2 aliphatic rings. The van der Waals surface area contributed by atoms with Crippen LogP contribution in [0, 0.1) is 0 Å². The average Bonchev–Trinajstić information content (AvgIpc) is 2.98. The number of hydrogen-bond donors (Lipinski definition) is 1. The minimum atomic E-state index is 0.315. The number of nitrogens with two attached hydrogens (primary N) is 1. The van der Waals surface area contributed by atoms with Gasteiger partial charge in [-0.05, 0) is 19.3 Å². The van der Waals surface area contributed by atoms with Gasteiger partial charge in [0, 0.05) is 29.2 Å². The van der Waals surface area contributed by atoms with Crippen molar-refractivity contribution in [2.45, 2.75) is 36.5 Å². The van der Waals surface area contributed by atoms with Crippen molar-refractivity contribution in [3.8, 4) is 0 Å². The molecule has 1 saturated carbocycles. The van der Waals surface area contributed by atoms with E-state index in [0.717, 1.165) is 36.7 Å². The number of aromatic nitrogens is 2. The van der Waals surface area contributed by atoms with Gasteiger partial charge in [-0.3, -0.25) is 0 Å². The van der Waals surface area contributed by atoms with E-state index in [1.807, 2.05) is 23.5 Å². The van der Waals surface area contributed by atoms with Crippen LogP contribution in [0.25, 0.3) is 0 Å². The fourth-order valence-corrected chi connectivity index (χ4v) is 5.01. The Balaban J connectivity index is 1.69. The molecule has 0 radical (unpaired) electrons. The molecule has 2 heterocycles. The van der Waals surface area contributed by atoms with Crippen LogP contribution in [0.4, 0.5) is 0 Å². The van der Waals surface area contributed by atoms with E-state index in [4.69, 9.17) is 10.3 Å². The van der Waals surface area contributed by atoms with Gasteiger partial charge in [0.1, 0.15) is 0 Å². The van der Waals surface area contributed by atoms with Crippen LogP contribution in [-0.2, 0) is 0 Å². The lowest BCUT2D eigenvalue weighted by Crippen LogP contribution is -2.14. The molecule has 3 atom stereocenters. The van der Waals surface area contributed by atoms with E-state index < -0.39 is 0 Å². The lowest BCUT2D eigenvalue weighted by molar-refractivity contribution is 0.349. The normalized spacial score (nSPS) is 34.1. The Labute approximate surface area is 109 Å². The molecule has 0 bridgehead atoms. The van der Waals surface area contributed by atoms with E-state index in [0.29, 0.717) is 17.2 Å². The largest absolute Gasteiger partial charge is 0.339 e. The van der Waals surface area contributed by atoms with Gasteiger partial charge in [-0.2, -0.15) is 16.7 Å². The Morgan fingerprint density at radius 3 is 2.94 bits per heavy atom. The van der Waals surface area contributed by atoms with Gasteiger partial charge in [0.15, 0.2) is 5.82 Å². The maximum absolute atomic E-state index is 5.91. The first-order chi connectivity index (χ1) is 8.33. The summed E-state index contributed by atoms with van der Waals surface area (Å²) in [6, 6.07) is 0.315. The highest BCUT2D eigenvalue weighted by Gasteiger charge is 2.29. The summed E-state index contributed by atoms with van der Waals surface area (Å²) in [6.07, 6.45) is 3.17. The van der Waals surface area contributed by atoms with Crippen molar-refractivity contribution in [1.82, 2.24) is 10.1 Å². The van der Waals surface area contributed by atoms with Gasteiger partial charge in [-0.1, -0.05) is 5.16 Å². The molecular formula is C11H17N3OS2. The molecule has 3 rings (SSSR count). The van der Waals surface area contributed by atoms with E-state index in [-0.39, 0.29) is 0 Å². The number of nitrogens with zero attached hydrogens (tertiary/aromatic N) is 2. The third-order valence-corrected chi connectivity index (χ3v) is 6.13. The minimum absolute atomic E-state index is 0.315. The topological polar surface area (TPSA) is 64.9 Å². The van der Waals surface area contributed by atoms with E-state index in [1.54, 1.807) is 0 Å². The third-order valence-electron chi connectivity index (χ3n) is 3.38. The summed E-state index contributed by atoms with van der Waals surface area (Å²) < 4.78 is 5.41. The van der Waals surface area contributed by atoms with Crippen molar-refractivity contribution >= 4 is 23.5 Å². The molecule has 6 heteroatoms. The lowest BCUT2D eigenvalue weighted by Gasteiger charge is -2.17. The molecule has 3 unspecified atom stereocenters. The van der Waals surface area contributed by atoms with Crippen molar-refractivity contribution in [2.75, 3.05) is 17.3 Å². The van der Waals surface area contributed by atoms with E-state index in [1.165, 1.54) is 11.5 Å². The molecule has 0 spiro atoms. The van der Waals surface area contributed by atoms with Crippen molar-refractivity contribution in [2.24, 2.45) is 5.73 Å². The highest BCUT2D eigenvalue weighted by Crippen LogP contribution is 2.37.